The fraction of sp³-hybridized carbons (Fsp3) is 0.364. The minimum Gasteiger partial charge on any atom is -0.375 e. The van der Waals surface area contributed by atoms with Crippen LogP contribution in [0, 0.1) is 0 Å². The van der Waals surface area contributed by atoms with Crippen LogP contribution in [0.4, 0.5) is 0 Å². The predicted octanol–water partition coefficient (Wildman–Crippen LogP) is 0.994. The Morgan fingerprint density at radius 3 is 3.06 bits per heavy atom. The third-order valence-electron chi connectivity index (χ3n) is 2.48. The number of thiophene rings is 1. The molecular formula is C11H14N4O2S. The van der Waals surface area contributed by atoms with Crippen LogP contribution in [0.2, 0.25) is 0 Å². The number of methoxy groups -OCH3 is 1. The van der Waals surface area contributed by atoms with E-state index in [9.17, 15) is 4.79 Å². The number of nitrogens with one attached hydrogen (secondary N) is 1. The van der Waals surface area contributed by atoms with Gasteiger partial charge >= 0.3 is 0 Å². The van der Waals surface area contributed by atoms with E-state index in [0.717, 1.165) is 5.56 Å². The van der Waals surface area contributed by atoms with Crippen molar-refractivity contribution in [3.8, 4) is 0 Å². The van der Waals surface area contributed by atoms with Crippen molar-refractivity contribution in [1.29, 1.82) is 0 Å². The molecule has 1 atom stereocenters. The number of ether oxygens (including phenoxy) is 1. The van der Waals surface area contributed by atoms with Crippen LogP contribution in [-0.4, -0.2) is 34.6 Å². The molecule has 0 radical (unpaired) electrons. The average molecular weight is 266 g/mol. The maximum atomic E-state index is 11.8. The summed E-state index contributed by atoms with van der Waals surface area (Å²) in [5, 5.41) is 14.2. The number of carbonyl (C=O) groups excluding carboxylic acids is 1. The van der Waals surface area contributed by atoms with Crippen molar-refractivity contribution >= 4 is 17.2 Å². The van der Waals surface area contributed by atoms with Gasteiger partial charge in [-0.1, -0.05) is 5.21 Å². The van der Waals surface area contributed by atoms with Crippen LogP contribution in [-0.2, 0) is 11.8 Å². The van der Waals surface area contributed by atoms with Crippen molar-refractivity contribution in [2.75, 3.05) is 13.7 Å². The number of rotatable bonds is 5. The second-order valence-corrected chi connectivity index (χ2v) is 4.55. The van der Waals surface area contributed by atoms with E-state index in [-0.39, 0.29) is 12.0 Å². The zero-order chi connectivity index (χ0) is 13.0. The molecule has 0 aromatic carbocycles. The highest BCUT2D eigenvalue weighted by Gasteiger charge is 2.14. The first-order valence-corrected chi connectivity index (χ1v) is 6.34. The van der Waals surface area contributed by atoms with Crippen molar-refractivity contribution in [1.82, 2.24) is 20.3 Å². The van der Waals surface area contributed by atoms with Gasteiger partial charge in [-0.05, 0) is 22.4 Å². The molecular weight excluding hydrogens is 252 g/mol. The number of aromatic nitrogens is 3. The molecule has 0 spiro atoms. The molecule has 2 rings (SSSR count). The van der Waals surface area contributed by atoms with Gasteiger partial charge in [0.2, 0.25) is 0 Å². The Hall–Kier alpha value is -1.73. The van der Waals surface area contributed by atoms with Gasteiger partial charge in [-0.2, -0.15) is 11.3 Å². The number of amides is 1. The molecule has 0 aliphatic carbocycles. The molecule has 1 amide bonds. The Bertz CT molecular complexity index is 509. The Balaban J connectivity index is 1.92. The van der Waals surface area contributed by atoms with Crippen LogP contribution in [0.25, 0.3) is 0 Å². The van der Waals surface area contributed by atoms with Crippen molar-refractivity contribution in [2.45, 2.75) is 6.10 Å². The molecule has 2 aromatic rings. The summed E-state index contributed by atoms with van der Waals surface area (Å²) in [5.74, 6) is -0.250. The van der Waals surface area contributed by atoms with Gasteiger partial charge in [-0.15, -0.1) is 5.10 Å². The fourth-order valence-corrected chi connectivity index (χ4v) is 2.22. The number of carbonyl (C=O) groups is 1. The summed E-state index contributed by atoms with van der Waals surface area (Å²) in [7, 11) is 3.34. The van der Waals surface area contributed by atoms with Crippen LogP contribution in [0.3, 0.4) is 0 Å². The lowest BCUT2D eigenvalue weighted by Crippen LogP contribution is -2.29. The van der Waals surface area contributed by atoms with E-state index in [1.165, 1.54) is 4.68 Å². The highest BCUT2D eigenvalue weighted by Crippen LogP contribution is 2.18. The van der Waals surface area contributed by atoms with E-state index >= 15 is 0 Å². The van der Waals surface area contributed by atoms with E-state index < -0.39 is 0 Å². The minimum atomic E-state index is -0.250. The molecule has 96 valence electrons. The second kappa shape index (κ2) is 5.74. The largest absolute Gasteiger partial charge is 0.375 e. The Morgan fingerprint density at radius 1 is 1.67 bits per heavy atom. The van der Waals surface area contributed by atoms with Gasteiger partial charge in [0.25, 0.3) is 5.91 Å². The molecule has 2 heterocycles. The molecule has 2 aromatic heterocycles. The minimum absolute atomic E-state index is 0.142. The summed E-state index contributed by atoms with van der Waals surface area (Å²) in [6.07, 6.45) is 1.43. The summed E-state index contributed by atoms with van der Waals surface area (Å²) in [5.41, 5.74) is 1.36. The topological polar surface area (TPSA) is 69.0 Å². The lowest BCUT2D eigenvalue weighted by atomic mass is 10.2. The summed E-state index contributed by atoms with van der Waals surface area (Å²) < 4.78 is 6.82. The highest BCUT2D eigenvalue weighted by atomic mass is 32.1. The van der Waals surface area contributed by atoms with Crippen molar-refractivity contribution < 1.29 is 9.53 Å². The third-order valence-corrected chi connectivity index (χ3v) is 3.18. The lowest BCUT2D eigenvalue weighted by molar-refractivity contribution is 0.0825. The van der Waals surface area contributed by atoms with Crippen molar-refractivity contribution in [3.63, 3.8) is 0 Å². The Labute approximate surface area is 109 Å². The number of aryl methyl sites for hydroxylation is 1. The van der Waals surface area contributed by atoms with Crippen LogP contribution < -0.4 is 5.32 Å². The normalized spacial score (nSPS) is 12.3. The van der Waals surface area contributed by atoms with E-state index in [1.807, 2.05) is 16.8 Å². The van der Waals surface area contributed by atoms with Crippen LogP contribution >= 0.6 is 11.3 Å². The molecule has 0 unspecified atom stereocenters. The van der Waals surface area contributed by atoms with Crippen molar-refractivity contribution in [3.05, 3.63) is 34.3 Å². The summed E-state index contributed by atoms with van der Waals surface area (Å²) in [6.45, 7) is 0.405. The third kappa shape index (κ3) is 2.93. The van der Waals surface area contributed by atoms with E-state index in [2.05, 4.69) is 15.6 Å². The van der Waals surface area contributed by atoms with Crippen LogP contribution in [0.1, 0.15) is 22.2 Å². The summed E-state index contributed by atoms with van der Waals surface area (Å²) >= 11 is 1.60. The molecule has 18 heavy (non-hydrogen) atoms. The molecule has 0 saturated carbocycles. The molecule has 0 fully saturated rings. The molecule has 0 bridgehead atoms. The van der Waals surface area contributed by atoms with Crippen LogP contribution in [0.15, 0.2) is 23.0 Å². The van der Waals surface area contributed by atoms with Crippen molar-refractivity contribution in [2.24, 2.45) is 7.05 Å². The van der Waals surface area contributed by atoms with Gasteiger partial charge in [0.05, 0.1) is 6.20 Å². The zero-order valence-corrected chi connectivity index (χ0v) is 11.0. The SMILES string of the molecule is CO[C@H](CNC(=O)c1cn(C)nn1)c1ccsc1. The quantitative estimate of drug-likeness (QED) is 0.876. The summed E-state index contributed by atoms with van der Waals surface area (Å²) in [4.78, 5) is 11.8. The number of hydrogen-bond acceptors (Lipinski definition) is 5. The predicted molar refractivity (Wildman–Crippen MR) is 67.4 cm³/mol. The maximum Gasteiger partial charge on any atom is 0.273 e. The second-order valence-electron chi connectivity index (χ2n) is 3.77. The highest BCUT2D eigenvalue weighted by molar-refractivity contribution is 7.07. The Kier molecular flexibility index (Phi) is 4.06. The fourth-order valence-electron chi connectivity index (χ4n) is 1.52. The monoisotopic (exact) mass is 266 g/mol. The first kappa shape index (κ1) is 12.7. The molecule has 6 nitrogen and oxygen atoms in total. The lowest BCUT2D eigenvalue weighted by Gasteiger charge is -2.14. The van der Waals surface area contributed by atoms with Gasteiger partial charge in [-0.25, -0.2) is 0 Å². The molecule has 0 aliphatic rings. The van der Waals surface area contributed by atoms with Gasteiger partial charge in [0.1, 0.15) is 6.10 Å². The Morgan fingerprint density at radius 2 is 2.50 bits per heavy atom. The van der Waals surface area contributed by atoms with Gasteiger partial charge in [-0.3, -0.25) is 9.48 Å². The number of nitrogens with zero attached hydrogens (tertiary/aromatic N) is 3. The first-order valence-electron chi connectivity index (χ1n) is 5.40. The maximum absolute atomic E-state index is 11.8. The molecule has 0 aliphatic heterocycles. The van der Waals surface area contributed by atoms with Gasteiger partial charge in [0.15, 0.2) is 5.69 Å². The van der Waals surface area contributed by atoms with Crippen LogP contribution in [0.5, 0.6) is 0 Å². The number of hydrogen-bond donors (Lipinski definition) is 1. The molecule has 0 saturated heterocycles. The molecule has 7 heteroatoms. The van der Waals surface area contributed by atoms with E-state index in [1.54, 1.807) is 31.7 Å². The first-order chi connectivity index (χ1) is 8.70. The molecule has 1 N–H and O–H groups in total. The van der Waals surface area contributed by atoms with Gasteiger partial charge < -0.3 is 10.1 Å². The van der Waals surface area contributed by atoms with Gasteiger partial charge in [0, 0.05) is 20.7 Å². The van der Waals surface area contributed by atoms with E-state index in [0.29, 0.717) is 12.2 Å². The summed E-state index contributed by atoms with van der Waals surface area (Å²) in [6, 6.07) is 1.98. The average Bonchev–Trinajstić information content (AvgIpc) is 3.01. The zero-order valence-electron chi connectivity index (χ0n) is 10.2. The standard InChI is InChI=1S/C11H14N4O2S/c1-15-6-9(13-14-15)11(16)12-5-10(17-2)8-3-4-18-7-8/h3-4,6-7,10H,5H2,1-2H3,(H,12,16)/t10-/m1/s1. The smallest absolute Gasteiger partial charge is 0.273 e. The van der Waals surface area contributed by atoms with E-state index in [4.69, 9.17) is 4.74 Å².